The number of cyclic esters (lactones) is 1. The third-order valence-electron chi connectivity index (χ3n) is 5.71. The third-order valence-corrected chi connectivity index (χ3v) is 5.71. The summed E-state index contributed by atoms with van der Waals surface area (Å²) in [5.41, 5.74) is 5.46. The van der Waals surface area contributed by atoms with Crippen LogP contribution in [-0.4, -0.2) is 11.8 Å². The van der Waals surface area contributed by atoms with Gasteiger partial charge in [-0.2, -0.15) is 0 Å². The van der Waals surface area contributed by atoms with Crippen molar-refractivity contribution in [2.45, 2.75) is 39.5 Å². The van der Waals surface area contributed by atoms with Crippen LogP contribution in [0.1, 0.15) is 82.5 Å². The van der Waals surface area contributed by atoms with Crippen LogP contribution in [0.4, 0.5) is 0 Å². The molecule has 1 aliphatic heterocycles. The Bertz CT molecular complexity index is 1160. The quantitative estimate of drug-likeness (QED) is 0.353. The van der Waals surface area contributed by atoms with E-state index in [4.69, 9.17) is 4.74 Å². The van der Waals surface area contributed by atoms with Gasteiger partial charge in [0.2, 0.25) is 5.78 Å². The van der Waals surface area contributed by atoms with Gasteiger partial charge in [-0.1, -0.05) is 94.4 Å². The lowest BCUT2D eigenvalue weighted by atomic mass is 9.81. The average molecular weight is 411 g/mol. The SMILES string of the molecule is CC(C)c1cccc(C(C)C)c1/C(=C1\OC(=O)c2ccccc2C1=O)c1ccccc1. The van der Waals surface area contributed by atoms with Crippen molar-refractivity contribution in [2.75, 3.05) is 0 Å². The molecule has 3 aromatic rings. The second-order valence-electron chi connectivity index (χ2n) is 8.46. The van der Waals surface area contributed by atoms with Crippen LogP contribution in [0.25, 0.3) is 5.57 Å². The second kappa shape index (κ2) is 8.35. The molecular weight excluding hydrogens is 384 g/mol. The summed E-state index contributed by atoms with van der Waals surface area (Å²) in [6.45, 7) is 8.56. The summed E-state index contributed by atoms with van der Waals surface area (Å²) in [4.78, 5) is 26.4. The van der Waals surface area contributed by atoms with Gasteiger partial charge in [-0.3, -0.25) is 4.79 Å². The minimum atomic E-state index is -0.494. The zero-order valence-corrected chi connectivity index (χ0v) is 18.3. The number of fused-ring (bicyclic) bond motifs is 1. The Labute approximate surface area is 183 Å². The molecule has 0 saturated carbocycles. The van der Waals surface area contributed by atoms with Gasteiger partial charge in [0.25, 0.3) is 0 Å². The topological polar surface area (TPSA) is 43.4 Å². The van der Waals surface area contributed by atoms with E-state index >= 15 is 0 Å². The Hall–Kier alpha value is -3.46. The molecule has 0 aliphatic carbocycles. The van der Waals surface area contributed by atoms with Crippen molar-refractivity contribution in [3.05, 3.63) is 112 Å². The summed E-state index contributed by atoms with van der Waals surface area (Å²) in [6.07, 6.45) is 0. The van der Waals surface area contributed by atoms with Crippen LogP contribution in [0.15, 0.2) is 78.6 Å². The van der Waals surface area contributed by atoms with Gasteiger partial charge in [-0.15, -0.1) is 0 Å². The molecule has 3 heteroatoms. The van der Waals surface area contributed by atoms with E-state index in [1.54, 1.807) is 24.3 Å². The molecule has 0 spiro atoms. The van der Waals surface area contributed by atoms with Crippen LogP contribution in [0.5, 0.6) is 0 Å². The maximum absolute atomic E-state index is 13.6. The van der Waals surface area contributed by atoms with Gasteiger partial charge in [-0.05, 0) is 40.2 Å². The lowest BCUT2D eigenvalue weighted by Gasteiger charge is -2.26. The van der Waals surface area contributed by atoms with Crippen molar-refractivity contribution >= 4 is 17.3 Å². The number of Topliss-reactive ketones (excluding diaryl/α,β-unsaturated/α-hetero) is 1. The normalized spacial score (nSPS) is 15.2. The molecule has 3 aromatic carbocycles. The average Bonchev–Trinajstić information content (AvgIpc) is 2.78. The van der Waals surface area contributed by atoms with Gasteiger partial charge < -0.3 is 4.74 Å². The third kappa shape index (κ3) is 3.72. The fourth-order valence-electron chi connectivity index (χ4n) is 4.17. The van der Waals surface area contributed by atoms with Crippen LogP contribution in [0.2, 0.25) is 0 Å². The predicted molar refractivity (Wildman–Crippen MR) is 123 cm³/mol. The van der Waals surface area contributed by atoms with E-state index in [1.807, 2.05) is 30.3 Å². The fraction of sp³-hybridized carbons (Fsp3) is 0.214. The fourth-order valence-corrected chi connectivity index (χ4v) is 4.17. The van der Waals surface area contributed by atoms with Crippen LogP contribution < -0.4 is 0 Å². The van der Waals surface area contributed by atoms with Gasteiger partial charge in [0.1, 0.15) is 0 Å². The van der Waals surface area contributed by atoms with Crippen molar-refractivity contribution < 1.29 is 14.3 Å². The van der Waals surface area contributed by atoms with Crippen molar-refractivity contribution in [2.24, 2.45) is 0 Å². The number of carbonyl (C=O) groups is 2. The highest BCUT2D eigenvalue weighted by atomic mass is 16.5. The van der Waals surface area contributed by atoms with E-state index in [9.17, 15) is 9.59 Å². The highest BCUT2D eigenvalue weighted by molar-refractivity contribution is 6.21. The molecule has 0 N–H and O–H groups in total. The lowest BCUT2D eigenvalue weighted by Crippen LogP contribution is -2.24. The molecule has 0 unspecified atom stereocenters. The summed E-state index contributed by atoms with van der Waals surface area (Å²) in [7, 11) is 0. The largest absolute Gasteiger partial charge is 0.418 e. The van der Waals surface area contributed by atoms with E-state index < -0.39 is 5.97 Å². The summed E-state index contributed by atoms with van der Waals surface area (Å²) < 4.78 is 5.76. The standard InChI is InChI=1S/C28H26O3/c1-17(2)20-15-10-16-21(18(3)4)25(20)24(19-11-6-5-7-12-19)27-26(29)22-13-8-9-14-23(22)28(30)31-27/h5-18H,1-4H3/b27-24-. The number of allylic oxidation sites excluding steroid dienone is 1. The van der Waals surface area contributed by atoms with Crippen LogP contribution in [0, 0.1) is 0 Å². The summed E-state index contributed by atoms with van der Waals surface area (Å²) in [5, 5.41) is 0. The van der Waals surface area contributed by atoms with Crippen molar-refractivity contribution in [3.8, 4) is 0 Å². The Morgan fingerprint density at radius 3 is 1.81 bits per heavy atom. The molecule has 0 bridgehead atoms. The van der Waals surface area contributed by atoms with E-state index in [0.29, 0.717) is 16.7 Å². The maximum Gasteiger partial charge on any atom is 0.344 e. The number of esters is 1. The molecule has 31 heavy (non-hydrogen) atoms. The predicted octanol–water partition coefficient (Wildman–Crippen LogP) is 6.75. The summed E-state index contributed by atoms with van der Waals surface area (Å²) in [5.74, 6) is -0.191. The van der Waals surface area contributed by atoms with Crippen molar-refractivity contribution in [1.82, 2.24) is 0 Å². The first-order valence-electron chi connectivity index (χ1n) is 10.7. The number of carbonyl (C=O) groups excluding carboxylic acids is 2. The van der Waals surface area contributed by atoms with E-state index in [-0.39, 0.29) is 23.4 Å². The monoisotopic (exact) mass is 410 g/mol. The van der Waals surface area contributed by atoms with Gasteiger partial charge >= 0.3 is 5.97 Å². The van der Waals surface area contributed by atoms with Gasteiger partial charge in [0.15, 0.2) is 5.76 Å². The van der Waals surface area contributed by atoms with Gasteiger partial charge in [-0.25, -0.2) is 4.79 Å². The van der Waals surface area contributed by atoms with E-state index in [2.05, 4.69) is 45.9 Å². The first kappa shape index (κ1) is 20.8. The van der Waals surface area contributed by atoms with Crippen LogP contribution in [-0.2, 0) is 4.74 Å². The van der Waals surface area contributed by atoms with Crippen molar-refractivity contribution in [3.63, 3.8) is 0 Å². The smallest absolute Gasteiger partial charge is 0.344 e. The van der Waals surface area contributed by atoms with E-state index in [0.717, 1.165) is 22.3 Å². The second-order valence-corrected chi connectivity index (χ2v) is 8.46. The number of hydrogen-bond acceptors (Lipinski definition) is 3. The number of hydrogen-bond donors (Lipinski definition) is 0. The molecule has 1 heterocycles. The molecule has 3 nitrogen and oxygen atoms in total. The van der Waals surface area contributed by atoms with Gasteiger partial charge in [0.05, 0.1) is 5.56 Å². The molecule has 0 saturated heterocycles. The van der Waals surface area contributed by atoms with Crippen LogP contribution >= 0.6 is 0 Å². The molecule has 0 atom stereocenters. The Kier molecular flexibility index (Phi) is 5.60. The zero-order chi connectivity index (χ0) is 22.1. The lowest BCUT2D eigenvalue weighted by molar-refractivity contribution is 0.0565. The number of rotatable bonds is 4. The molecule has 0 fully saturated rings. The molecule has 0 amide bonds. The molecular formula is C28H26O3. The zero-order valence-electron chi connectivity index (χ0n) is 18.3. The molecule has 0 radical (unpaired) electrons. The Morgan fingerprint density at radius 1 is 0.677 bits per heavy atom. The van der Waals surface area contributed by atoms with Crippen molar-refractivity contribution in [1.29, 1.82) is 0 Å². The highest BCUT2D eigenvalue weighted by Gasteiger charge is 2.34. The minimum absolute atomic E-state index is 0.102. The molecule has 0 aromatic heterocycles. The number of ketones is 1. The summed E-state index contributed by atoms with van der Waals surface area (Å²) in [6, 6.07) is 22.8. The highest BCUT2D eigenvalue weighted by Crippen LogP contribution is 2.40. The molecule has 1 aliphatic rings. The van der Waals surface area contributed by atoms with E-state index in [1.165, 1.54) is 0 Å². The first-order chi connectivity index (χ1) is 14.9. The Balaban J connectivity index is 2.11. The van der Waals surface area contributed by atoms with Crippen LogP contribution in [0.3, 0.4) is 0 Å². The molecule has 4 rings (SSSR count). The molecule has 156 valence electrons. The number of ether oxygens (including phenoxy) is 1. The summed E-state index contributed by atoms with van der Waals surface area (Å²) >= 11 is 0. The maximum atomic E-state index is 13.6. The number of benzene rings is 3. The minimum Gasteiger partial charge on any atom is -0.418 e. The Morgan fingerprint density at radius 2 is 1.23 bits per heavy atom. The first-order valence-corrected chi connectivity index (χ1v) is 10.7. The van der Waals surface area contributed by atoms with Gasteiger partial charge in [0, 0.05) is 11.1 Å².